The first-order valence-electron chi connectivity index (χ1n) is 5.81. The smallest absolute Gasteiger partial charge is 0.233 e. The molecule has 6 heteroatoms. The number of hydrogen-bond donors (Lipinski definition) is 0. The van der Waals surface area contributed by atoms with Crippen molar-refractivity contribution in [1.29, 1.82) is 0 Å². The third-order valence-electron chi connectivity index (χ3n) is 2.65. The summed E-state index contributed by atoms with van der Waals surface area (Å²) in [5, 5.41) is 0.472. The minimum absolute atomic E-state index is 0.172. The number of rotatable bonds is 7. The van der Waals surface area contributed by atoms with Gasteiger partial charge in [0.2, 0.25) is 5.88 Å². The summed E-state index contributed by atoms with van der Waals surface area (Å²) in [5.41, 5.74) is 0.884. The molecule has 1 aromatic rings. The van der Waals surface area contributed by atoms with Crippen LogP contribution in [0.15, 0.2) is 23.3 Å². The Morgan fingerprint density at radius 2 is 2.26 bits per heavy atom. The van der Waals surface area contributed by atoms with Crippen molar-refractivity contribution in [2.24, 2.45) is 0 Å². The van der Waals surface area contributed by atoms with Crippen molar-refractivity contribution in [2.45, 2.75) is 13.0 Å². The molecule has 0 saturated carbocycles. The largest absolute Gasteiger partial charge is 0.480 e. The Morgan fingerprint density at radius 3 is 2.79 bits per heavy atom. The molecule has 0 bridgehead atoms. The molecule has 0 fully saturated rings. The van der Waals surface area contributed by atoms with Gasteiger partial charge in [-0.3, -0.25) is 0 Å². The third kappa shape index (κ3) is 4.09. The van der Waals surface area contributed by atoms with Gasteiger partial charge in [-0.1, -0.05) is 17.7 Å². The number of hydrogen-bond acceptors (Lipinski definition) is 4. The van der Waals surface area contributed by atoms with Gasteiger partial charge in [0.25, 0.3) is 0 Å². The number of pyridine rings is 1. The molecule has 0 spiro atoms. The van der Waals surface area contributed by atoms with E-state index in [0.29, 0.717) is 28.7 Å². The van der Waals surface area contributed by atoms with E-state index in [1.165, 1.54) is 7.11 Å². The number of methoxy groups -OCH3 is 2. The number of nitrogens with zero attached hydrogens (tertiary/aromatic N) is 2. The topological polar surface area (TPSA) is 34.6 Å². The lowest BCUT2D eigenvalue weighted by atomic mass is 10.2. The SMILES string of the molecule is C=CCN(c1cc(Cl)c(OC)nc1Br)[C@@H](C)COC. The van der Waals surface area contributed by atoms with Gasteiger partial charge in [0, 0.05) is 19.7 Å². The Bertz CT molecular complexity index is 443. The quantitative estimate of drug-likeness (QED) is 0.557. The van der Waals surface area contributed by atoms with Gasteiger partial charge in [-0.2, -0.15) is 0 Å². The van der Waals surface area contributed by atoms with Crippen molar-refractivity contribution in [3.8, 4) is 5.88 Å². The number of anilines is 1. The highest BCUT2D eigenvalue weighted by Gasteiger charge is 2.19. The van der Waals surface area contributed by atoms with Gasteiger partial charge in [-0.15, -0.1) is 6.58 Å². The van der Waals surface area contributed by atoms with E-state index in [4.69, 9.17) is 21.1 Å². The number of aromatic nitrogens is 1. The van der Waals surface area contributed by atoms with Crippen molar-refractivity contribution in [3.63, 3.8) is 0 Å². The molecule has 0 aliphatic heterocycles. The van der Waals surface area contributed by atoms with Gasteiger partial charge in [-0.25, -0.2) is 4.98 Å². The summed E-state index contributed by atoms with van der Waals surface area (Å²) in [5.74, 6) is 0.398. The molecule has 0 amide bonds. The zero-order chi connectivity index (χ0) is 14.4. The first-order chi connectivity index (χ1) is 9.04. The van der Waals surface area contributed by atoms with Crippen molar-refractivity contribution in [3.05, 3.63) is 28.3 Å². The maximum Gasteiger partial charge on any atom is 0.233 e. The molecule has 0 aliphatic carbocycles. The first kappa shape index (κ1) is 16.3. The molecule has 19 heavy (non-hydrogen) atoms. The predicted molar refractivity (Wildman–Crippen MR) is 82.4 cm³/mol. The fourth-order valence-electron chi connectivity index (χ4n) is 1.77. The summed E-state index contributed by atoms with van der Waals surface area (Å²) >= 11 is 9.58. The van der Waals surface area contributed by atoms with E-state index in [2.05, 4.69) is 39.3 Å². The van der Waals surface area contributed by atoms with Crippen LogP contribution in [-0.2, 0) is 4.74 Å². The summed E-state index contributed by atoms with van der Waals surface area (Å²) in [4.78, 5) is 6.39. The molecule has 0 N–H and O–H groups in total. The van der Waals surface area contributed by atoms with Crippen LogP contribution < -0.4 is 9.64 Å². The third-order valence-corrected chi connectivity index (χ3v) is 3.50. The van der Waals surface area contributed by atoms with Gasteiger partial charge in [-0.05, 0) is 28.9 Å². The molecular formula is C13H18BrClN2O2. The Morgan fingerprint density at radius 1 is 1.58 bits per heavy atom. The molecule has 0 unspecified atom stereocenters. The van der Waals surface area contributed by atoms with Crippen LogP contribution in [0.3, 0.4) is 0 Å². The maximum atomic E-state index is 6.14. The van der Waals surface area contributed by atoms with Gasteiger partial charge in [0.1, 0.15) is 9.63 Å². The summed E-state index contributed by atoms with van der Waals surface area (Å²) in [7, 11) is 3.21. The Hall–Kier alpha value is -0.780. The molecule has 0 radical (unpaired) electrons. The van der Waals surface area contributed by atoms with Crippen LogP contribution in [0.25, 0.3) is 0 Å². The second kappa shape index (κ2) is 7.72. The molecular weight excluding hydrogens is 332 g/mol. The Balaban J connectivity index is 3.15. The van der Waals surface area contributed by atoms with E-state index >= 15 is 0 Å². The highest BCUT2D eigenvalue weighted by Crippen LogP contribution is 2.34. The summed E-state index contributed by atoms with van der Waals surface area (Å²) in [6.45, 7) is 7.12. The van der Waals surface area contributed by atoms with Gasteiger partial charge in [0.05, 0.1) is 19.4 Å². The monoisotopic (exact) mass is 348 g/mol. The standard InChI is InChI=1S/C13H18BrClN2O2/c1-5-6-17(9(2)8-18-3)11-7-10(15)13(19-4)16-12(11)14/h5,7,9H,1,6,8H2,2-4H3/t9-/m0/s1. The van der Waals surface area contributed by atoms with E-state index in [0.717, 1.165) is 5.69 Å². The molecule has 1 atom stereocenters. The Kier molecular flexibility index (Phi) is 6.62. The van der Waals surface area contributed by atoms with E-state index in [1.807, 2.05) is 12.1 Å². The van der Waals surface area contributed by atoms with Gasteiger partial charge in [0.15, 0.2) is 0 Å². The summed E-state index contributed by atoms with van der Waals surface area (Å²) < 4.78 is 11.0. The average molecular weight is 350 g/mol. The van der Waals surface area contributed by atoms with E-state index in [9.17, 15) is 0 Å². The van der Waals surface area contributed by atoms with Crippen LogP contribution in [0.2, 0.25) is 5.02 Å². The van der Waals surface area contributed by atoms with Crippen molar-refractivity contribution in [1.82, 2.24) is 4.98 Å². The molecule has 106 valence electrons. The zero-order valence-corrected chi connectivity index (χ0v) is 13.7. The number of halogens is 2. The van der Waals surface area contributed by atoms with Crippen molar-refractivity contribution >= 4 is 33.2 Å². The first-order valence-corrected chi connectivity index (χ1v) is 6.98. The average Bonchev–Trinajstić information content (AvgIpc) is 2.38. The molecule has 0 aromatic carbocycles. The van der Waals surface area contributed by atoms with Gasteiger partial charge >= 0.3 is 0 Å². The summed E-state index contributed by atoms with van der Waals surface area (Å²) in [6.07, 6.45) is 1.83. The fraction of sp³-hybridized carbons (Fsp3) is 0.462. The highest BCUT2D eigenvalue weighted by molar-refractivity contribution is 9.10. The molecule has 1 heterocycles. The molecule has 1 aromatic heterocycles. The van der Waals surface area contributed by atoms with E-state index < -0.39 is 0 Å². The van der Waals surface area contributed by atoms with Crippen LogP contribution >= 0.6 is 27.5 Å². The van der Waals surface area contributed by atoms with Crippen LogP contribution in [0, 0.1) is 0 Å². The lowest BCUT2D eigenvalue weighted by molar-refractivity contribution is 0.182. The van der Waals surface area contributed by atoms with Crippen LogP contribution in [0.5, 0.6) is 5.88 Å². The summed E-state index contributed by atoms with van der Waals surface area (Å²) in [6, 6.07) is 2.00. The second-order valence-electron chi connectivity index (χ2n) is 4.03. The fourth-order valence-corrected chi connectivity index (χ4v) is 2.50. The second-order valence-corrected chi connectivity index (χ2v) is 5.19. The minimum Gasteiger partial charge on any atom is -0.480 e. The van der Waals surface area contributed by atoms with Crippen LogP contribution in [-0.4, -0.2) is 38.4 Å². The minimum atomic E-state index is 0.172. The van der Waals surface area contributed by atoms with E-state index in [1.54, 1.807) is 7.11 Å². The van der Waals surface area contributed by atoms with Crippen molar-refractivity contribution < 1.29 is 9.47 Å². The Labute approximate surface area is 127 Å². The predicted octanol–water partition coefficient (Wildman–Crippen LogP) is 3.53. The lowest BCUT2D eigenvalue weighted by Crippen LogP contribution is -2.36. The molecule has 0 saturated heterocycles. The van der Waals surface area contributed by atoms with Crippen molar-refractivity contribution in [2.75, 3.05) is 32.3 Å². The van der Waals surface area contributed by atoms with Gasteiger partial charge < -0.3 is 14.4 Å². The molecule has 4 nitrogen and oxygen atoms in total. The molecule has 0 aliphatic rings. The highest BCUT2D eigenvalue weighted by atomic mass is 79.9. The zero-order valence-electron chi connectivity index (χ0n) is 11.3. The van der Waals surface area contributed by atoms with Crippen LogP contribution in [0.4, 0.5) is 5.69 Å². The van der Waals surface area contributed by atoms with Crippen LogP contribution in [0.1, 0.15) is 6.92 Å². The normalized spacial score (nSPS) is 12.1. The lowest BCUT2D eigenvalue weighted by Gasteiger charge is -2.30. The maximum absolute atomic E-state index is 6.14. The molecule has 1 rings (SSSR count). The number of ether oxygens (including phenoxy) is 2. The van der Waals surface area contributed by atoms with E-state index in [-0.39, 0.29) is 6.04 Å².